The van der Waals surface area contributed by atoms with E-state index < -0.39 is 0 Å². The number of carbonyl (C=O) groups excluding carboxylic acids is 1. The first kappa shape index (κ1) is 20.6. The Labute approximate surface area is 179 Å². The summed E-state index contributed by atoms with van der Waals surface area (Å²) in [6, 6.07) is 10.3. The lowest BCUT2D eigenvalue weighted by molar-refractivity contribution is -0.133. The molecule has 1 amide bonds. The monoisotopic (exact) mass is 408 g/mol. The largest absolute Gasteiger partial charge is 0.483 e. The second-order valence-corrected chi connectivity index (χ2v) is 9.50. The van der Waals surface area contributed by atoms with Gasteiger partial charge >= 0.3 is 0 Å². The van der Waals surface area contributed by atoms with Crippen molar-refractivity contribution in [3.05, 3.63) is 47.2 Å². The predicted octanol–water partition coefficient (Wildman–Crippen LogP) is 3.69. The SMILES string of the molecule is Cc1ccc(OCC(=O)N2CCN(c3ccc(C4CC4)nn3)CC2)c(C(C)(C)C)c1. The van der Waals surface area contributed by atoms with E-state index in [9.17, 15) is 4.79 Å². The van der Waals surface area contributed by atoms with Crippen molar-refractivity contribution in [2.45, 2.75) is 51.9 Å². The zero-order valence-corrected chi connectivity index (χ0v) is 18.5. The molecular weight excluding hydrogens is 376 g/mol. The molecular formula is C24H32N4O2. The number of ether oxygens (including phenoxy) is 1. The van der Waals surface area contributed by atoms with Crippen LogP contribution in [0.5, 0.6) is 5.75 Å². The molecule has 1 aliphatic heterocycles. The Morgan fingerprint density at radius 3 is 2.40 bits per heavy atom. The first-order chi connectivity index (χ1) is 14.3. The molecule has 0 N–H and O–H groups in total. The molecule has 2 fully saturated rings. The van der Waals surface area contributed by atoms with Crippen LogP contribution in [0.2, 0.25) is 0 Å². The summed E-state index contributed by atoms with van der Waals surface area (Å²) in [6.45, 7) is 11.5. The number of aromatic nitrogens is 2. The fourth-order valence-corrected chi connectivity index (χ4v) is 3.87. The van der Waals surface area contributed by atoms with Crippen LogP contribution in [-0.2, 0) is 10.2 Å². The number of hydrogen-bond acceptors (Lipinski definition) is 5. The smallest absolute Gasteiger partial charge is 0.260 e. The second kappa shape index (κ2) is 8.25. The normalized spacial score (nSPS) is 17.2. The molecule has 0 atom stereocenters. The maximum atomic E-state index is 12.7. The van der Waals surface area contributed by atoms with Gasteiger partial charge in [-0.15, -0.1) is 5.10 Å². The van der Waals surface area contributed by atoms with Gasteiger partial charge in [0, 0.05) is 32.1 Å². The summed E-state index contributed by atoms with van der Waals surface area (Å²) >= 11 is 0. The van der Waals surface area contributed by atoms with Crippen molar-refractivity contribution in [3.8, 4) is 5.75 Å². The molecule has 1 saturated heterocycles. The Balaban J connectivity index is 1.30. The fraction of sp³-hybridized carbons (Fsp3) is 0.542. The van der Waals surface area contributed by atoms with E-state index in [-0.39, 0.29) is 17.9 Å². The summed E-state index contributed by atoms with van der Waals surface area (Å²) in [4.78, 5) is 16.8. The minimum atomic E-state index is -0.0356. The molecule has 2 aliphatic rings. The van der Waals surface area contributed by atoms with Gasteiger partial charge in [-0.3, -0.25) is 4.79 Å². The van der Waals surface area contributed by atoms with E-state index in [1.807, 2.05) is 17.0 Å². The summed E-state index contributed by atoms with van der Waals surface area (Å²) < 4.78 is 5.96. The zero-order chi connectivity index (χ0) is 21.3. The average Bonchev–Trinajstić information content (AvgIpc) is 3.58. The minimum Gasteiger partial charge on any atom is -0.483 e. The van der Waals surface area contributed by atoms with Crippen LogP contribution in [0, 0.1) is 6.92 Å². The molecule has 6 nitrogen and oxygen atoms in total. The number of nitrogens with zero attached hydrogens (tertiary/aromatic N) is 4. The van der Waals surface area contributed by atoms with Crippen molar-refractivity contribution in [1.82, 2.24) is 15.1 Å². The van der Waals surface area contributed by atoms with Crippen LogP contribution in [0.15, 0.2) is 30.3 Å². The van der Waals surface area contributed by atoms with Gasteiger partial charge in [-0.1, -0.05) is 38.5 Å². The van der Waals surface area contributed by atoms with Crippen LogP contribution >= 0.6 is 0 Å². The van der Waals surface area contributed by atoms with Crippen molar-refractivity contribution in [3.63, 3.8) is 0 Å². The quantitative estimate of drug-likeness (QED) is 0.755. The molecule has 0 bridgehead atoms. The van der Waals surface area contributed by atoms with Crippen molar-refractivity contribution < 1.29 is 9.53 Å². The molecule has 160 valence electrons. The number of carbonyl (C=O) groups is 1. The van der Waals surface area contributed by atoms with Crippen LogP contribution < -0.4 is 9.64 Å². The van der Waals surface area contributed by atoms with Gasteiger partial charge in [0.1, 0.15) is 5.75 Å². The van der Waals surface area contributed by atoms with Gasteiger partial charge in [0.05, 0.1) is 5.69 Å². The predicted molar refractivity (Wildman–Crippen MR) is 118 cm³/mol. The van der Waals surface area contributed by atoms with Crippen molar-refractivity contribution in [2.75, 3.05) is 37.7 Å². The molecule has 1 saturated carbocycles. The summed E-state index contributed by atoms with van der Waals surface area (Å²) in [5.41, 5.74) is 3.40. The summed E-state index contributed by atoms with van der Waals surface area (Å²) in [6.07, 6.45) is 2.47. The van der Waals surface area contributed by atoms with E-state index in [0.717, 1.165) is 35.9 Å². The van der Waals surface area contributed by atoms with Gasteiger partial charge in [0.25, 0.3) is 5.91 Å². The molecule has 0 radical (unpaired) electrons. The molecule has 1 aromatic carbocycles. The summed E-state index contributed by atoms with van der Waals surface area (Å²) in [7, 11) is 0. The number of amides is 1. The van der Waals surface area contributed by atoms with Crippen molar-refractivity contribution in [1.29, 1.82) is 0 Å². The summed E-state index contributed by atoms with van der Waals surface area (Å²) in [5, 5.41) is 8.77. The molecule has 2 heterocycles. The zero-order valence-electron chi connectivity index (χ0n) is 18.5. The molecule has 1 aromatic heterocycles. The van der Waals surface area contributed by atoms with Crippen molar-refractivity contribution in [2.24, 2.45) is 0 Å². The van der Waals surface area contributed by atoms with Crippen LogP contribution in [-0.4, -0.2) is 53.8 Å². The molecule has 6 heteroatoms. The van der Waals surface area contributed by atoms with E-state index in [1.165, 1.54) is 18.4 Å². The van der Waals surface area contributed by atoms with Crippen LogP contribution in [0.3, 0.4) is 0 Å². The van der Waals surface area contributed by atoms with Crippen LogP contribution in [0.25, 0.3) is 0 Å². The van der Waals surface area contributed by atoms with E-state index in [2.05, 4.69) is 61.0 Å². The Kier molecular flexibility index (Phi) is 5.67. The van der Waals surface area contributed by atoms with Crippen LogP contribution in [0.4, 0.5) is 5.82 Å². The third kappa shape index (κ3) is 4.74. The first-order valence-electron chi connectivity index (χ1n) is 10.9. The lowest BCUT2D eigenvalue weighted by Crippen LogP contribution is -2.50. The number of hydrogen-bond donors (Lipinski definition) is 0. The van der Waals surface area contributed by atoms with Crippen molar-refractivity contribution >= 4 is 11.7 Å². The second-order valence-electron chi connectivity index (χ2n) is 9.50. The molecule has 30 heavy (non-hydrogen) atoms. The topological polar surface area (TPSA) is 58.6 Å². The lowest BCUT2D eigenvalue weighted by Gasteiger charge is -2.35. The van der Waals surface area contributed by atoms with Gasteiger partial charge in [-0.25, -0.2) is 0 Å². The Bertz CT molecular complexity index is 892. The molecule has 2 aromatic rings. The Hall–Kier alpha value is -2.63. The number of piperazine rings is 1. The highest BCUT2D eigenvalue weighted by Gasteiger charge is 2.27. The number of benzene rings is 1. The number of anilines is 1. The number of rotatable bonds is 5. The average molecular weight is 409 g/mol. The molecule has 0 spiro atoms. The molecule has 1 aliphatic carbocycles. The van der Waals surface area contributed by atoms with Gasteiger partial charge in [0.2, 0.25) is 0 Å². The van der Waals surface area contributed by atoms with Gasteiger partial charge in [-0.05, 0) is 48.9 Å². The maximum Gasteiger partial charge on any atom is 0.260 e. The van der Waals surface area contributed by atoms with Gasteiger partial charge < -0.3 is 14.5 Å². The third-order valence-electron chi connectivity index (χ3n) is 5.92. The highest BCUT2D eigenvalue weighted by atomic mass is 16.5. The van der Waals surface area contributed by atoms with E-state index in [0.29, 0.717) is 19.0 Å². The van der Waals surface area contributed by atoms with E-state index >= 15 is 0 Å². The molecule has 4 rings (SSSR count). The highest BCUT2D eigenvalue weighted by Crippen LogP contribution is 2.38. The summed E-state index contributed by atoms with van der Waals surface area (Å²) in [5.74, 6) is 2.35. The fourth-order valence-electron chi connectivity index (χ4n) is 3.87. The van der Waals surface area contributed by atoms with Gasteiger partial charge in [0.15, 0.2) is 12.4 Å². The number of aryl methyl sites for hydroxylation is 1. The third-order valence-corrected chi connectivity index (χ3v) is 5.92. The molecule has 0 unspecified atom stereocenters. The van der Waals surface area contributed by atoms with E-state index in [1.54, 1.807) is 0 Å². The van der Waals surface area contributed by atoms with E-state index in [4.69, 9.17) is 4.74 Å². The minimum absolute atomic E-state index is 0.0326. The highest BCUT2D eigenvalue weighted by molar-refractivity contribution is 5.78. The van der Waals surface area contributed by atoms with Crippen LogP contribution in [0.1, 0.15) is 56.4 Å². The Morgan fingerprint density at radius 1 is 1.07 bits per heavy atom. The van der Waals surface area contributed by atoms with Gasteiger partial charge in [-0.2, -0.15) is 5.10 Å². The first-order valence-corrected chi connectivity index (χ1v) is 10.9. The Morgan fingerprint density at radius 2 is 1.80 bits per heavy atom. The lowest BCUT2D eigenvalue weighted by atomic mass is 9.85. The maximum absolute atomic E-state index is 12.7. The standard InChI is InChI=1S/C24H32N4O2/c1-17-5-9-21(19(15-17)24(2,3)4)30-16-23(29)28-13-11-27(12-14-28)22-10-8-20(25-26-22)18-6-7-18/h5,8-10,15,18H,6-7,11-14,16H2,1-4H3.